The highest BCUT2D eigenvalue weighted by Crippen LogP contribution is 2.31. The molecule has 1 fully saturated rings. The number of carbonyl (C=O) groups is 2. The van der Waals surface area contributed by atoms with Crippen LogP contribution >= 0.6 is 11.5 Å². The SMILES string of the molecule is Cc1cccc([C@H](C(=O)NC2CCCC2)N(C(=O)c2csnn2)c2ccccc2)c1. The van der Waals surface area contributed by atoms with E-state index in [-0.39, 0.29) is 23.6 Å². The molecule has 1 aromatic heterocycles. The van der Waals surface area contributed by atoms with Crippen LogP contribution in [-0.4, -0.2) is 27.4 Å². The summed E-state index contributed by atoms with van der Waals surface area (Å²) in [6.45, 7) is 1.98. The van der Waals surface area contributed by atoms with Gasteiger partial charge in [-0.15, -0.1) is 5.10 Å². The van der Waals surface area contributed by atoms with Crippen molar-refractivity contribution in [3.8, 4) is 0 Å². The third kappa shape index (κ3) is 4.41. The van der Waals surface area contributed by atoms with E-state index in [1.807, 2.05) is 61.5 Å². The molecule has 6 nitrogen and oxygen atoms in total. The minimum absolute atomic E-state index is 0.151. The van der Waals surface area contributed by atoms with Crippen molar-refractivity contribution in [1.29, 1.82) is 0 Å². The predicted molar refractivity (Wildman–Crippen MR) is 117 cm³/mol. The number of anilines is 1. The van der Waals surface area contributed by atoms with Gasteiger partial charge in [0, 0.05) is 17.1 Å². The Hall–Kier alpha value is -3.06. The van der Waals surface area contributed by atoms with Gasteiger partial charge in [-0.2, -0.15) is 0 Å². The lowest BCUT2D eigenvalue weighted by Gasteiger charge is -2.32. The predicted octanol–water partition coefficient (Wildman–Crippen LogP) is 4.29. The summed E-state index contributed by atoms with van der Waals surface area (Å²) in [4.78, 5) is 28.6. The third-order valence-corrected chi connectivity index (χ3v) is 5.90. The summed E-state index contributed by atoms with van der Waals surface area (Å²) in [7, 11) is 0. The Bertz CT molecular complexity index is 1000. The number of para-hydroxylation sites is 1. The average Bonchev–Trinajstić information content (AvgIpc) is 3.46. The summed E-state index contributed by atoms with van der Waals surface area (Å²) in [5.41, 5.74) is 2.67. The van der Waals surface area contributed by atoms with E-state index in [9.17, 15) is 9.59 Å². The number of aryl methyl sites for hydroxylation is 1. The lowest BCUT2D eigenvalue weighted by atomic mass is 10.00. The van der Waals surface area contributed by atoms with Gasteiger partial charge in [0.2, 0.25) is 5.91 Å². The van der Waals surface area contributed by atoms with E-state index in [1.54, 1.807) is 5.38 Å². The molecule has 2 aromatic carbocycles. The molecule has 1 N–H and O–H groups in total. The summed E-state index contributed by atoms with van der Waals surface area (Å²) < 4.78 is 3.84. The topological polar surface area (TPSA) is 75.2 Å². The molecule has 3 aromatic rings. The summed E-state index contributed by atoms with van der Waals surface area (Å²) in [6.07, 6.45) is 4.18. The second-order valence-electron chi connectivity index (χ2n) is 7.61. The summed E-state index contributed by atoms with van der Waals surface area (Å²) in [5.74, 6) is -0.518. The van der Waals surface area contributed by atoms with Crippen LogP contribution in [0, 0.1) is 6.92 Å². The summed E-state index contributed by atoms with van der Waals surface area (Å²) in [5, 5.41) is 8.76. The Morgan fingerprint density at radius 3 is 2.53 bits per heavy atom. The standard InChI is InChI=1S/C23H24N4O2S/c1-16-8-7-9-17(14-16)21(22(28)24-18-10-5-6-11-18)27(19-12-3-2-4-13-19)23(29)20-15-30-26-25-20/h2-4,7-9,12-15,18,21H,5-6,10-11H2,1H3,(H,24,28)/t21-/m1/s1. The van der Waals surface area contributed by atoms with E-state index in [4.69, 9.17) is 0 Å². The number of nitrogens with one attached hydrogen (secondary N) is 1. The van der Waals surface area contributed by atoms with Gasteiger partial charge in [-0.25, -0.2) is 0 Å². The van der Waals surface area contributed by atoms with E-state index in [1.165, 1.54) is 4.90 Å². The van der Waals surface area contributed by atoms with Gasteiger partial charge in [0.25, 0.3) is 5.91 Å². The zero-order chi connectivity index (χ0) is 20.9. The van der Waals surface area contributed by atoms with Crippen LogP contribution in [0.1, 0.15) is 53.3 Å². The summed E-state index contributed by atoms with van der Waals surface area (Å²) in [6, 6.07) is 16.4. The molecule has 4 rings (SSSR count). The molecular formula is C23H24N4O2S. The fraction of sp³-hybridized carbons (Fsp3) is 0.304. The Kier molecular flexibility index (Phi) is 6.18. The highest BCUT2D eigenvalue weighted by atomic mass is 32.1. The maximum atomic E-state index is 13.6. The fourth-order valence-corrected chi connectivity index (χ4v) is 4.39. The first-order valence-electron chi connectivity index (χ1n) is 10.2. The molecule has 0 aliphatic heterocycles. The largest absolute Gasteiger partial charge is 0.351 e. The monoisotopic (exact) mass is 420 g/mol. The Balaban J connectivity index is 1.79. The van der Waals surface area contributed by atoms with Gasteiger partial charge in [0.05, 0.1) is 0 Å². The number of rotatable bonds is 6. The van der Waals surface area contributed by atoms with Gasteiger partial charge in [-0.3, -0.25) is 14.5 Å². The van der Waals surface area contributed by atoms with Gasteiger partial charge in [0.1, 0.15) is 6.04 Å². The lowest BCUT2D eigenvalue weighted by molar-refractivity contribution is -0.123. The molecule has 0 unspecified atom stereocenters. The van der Waals surface area contributed by atoms with Crippen LogP contribution in [-0.2, 0) is 4.79 Å². The van der Waals surface area contributed by atoms with Gasteiger partial charge in [-0.05, 0) is 49.0 Å². The first kappa shape index (κ1) is 20.2. The number of nitrogens with zero attached hydrogens (tertiary/aromatic N) is 3. The highest BCUT2D eigenvalue weighted by Gasteiger charge is 2.35. The van der Waals surface area contributed by atoms with Gasteiger partial charge in [0.15, 0.2) is 5.69 Å². The van der Waals surface area contributed by atoms with Crippen molar-refractivity contribution < 1.29 is 9.59 Å². The quantitative estimate of drug-likeness (QED) is 0.645. The van der Waals surface area contributed by atoms with E-state index in [0.717, 1.165) is 48.3 Å². The normalized spacial score (nSPS) is 15.0. The number of hydrogen-bond acceptors (Lipinski definition) is 5. The molecule has 154 valence electrons. The first-order chi connectivity index (χ1) is 14.6. The van der Waals surface area contributed by atoms with Crippen LogP contribution in [0.5, 0.6) is 0 Å². The molecule has 1 heterocycles. The molecule has 2 amide bonds. The van der Waals surface area contributed by atoms with Gasteiger partial charge < -0.3 is 5.32 Å². The van der Waals surface area contributed by atoms with Crippen molar-refractivity contribution in [2.75, 3.05) is 4.90 Å². The van der Waals surface area contributed by atoms with Gasteiger partial charge in [-0.1, -0.05) is 65.4 Å². The zero-order valence-corrected chi connectivity index (χ0v) is 17.6. The molecule has 30 heavy (non-hydrogen) atoms. The maximum Gasteiger partial charge on any atom is 0.280 e. The average molecular weight is 421 g/mol. The molecule has 1 saturated carbocycles. The van der Waals surface area contributed by atoms with Crippen molar-refractivity contribution in [2.45, 2.75) is 44.7 Å². The molecule has 7 heteroatoms. The van der Waals surface area contributed by atoms with Crippen LogP contribution in [0.3, 0.4) is 0 Å². The lowest BCUT2D eigenvalue weighted by Crippen LogP contribution is -2.46. The molecule has 1 aliphatic rings. The number of carbonyl (C=O) groups excluding carboxylic acids is 2. The van der Waals surface area contributed by atoms with E-state index >= 15 is 0 Å². The van der Waals surface area contributed by atoms with Crippen LogP contribution in [0.2, 0.25) is 0 Å². The number of benzene rings is 2. The molecular weight excluding hydrogens is 396 g/mol. The maximum absolute atomic E-state index is 13.6. The van der Waals surface area contributed by atoms with Gasteiger partial charge >= 0.3 is 0 Å². The Morgan fingerprint density at radius 1 is 1.10 bits per heavy atom. The van der Waals surface area contributed by atoms with E-state index in [0.29, 0.717) is 5.69 Å². The number of amides is 2. The van der Waals surface area contributed by atoms with Crippen molar-refractivity contribution in [1.82, 2.24) is 14.9 Å². The molecule has 0 saturated heterocycles. The van der Waals surface area contributed by atoms with Crippen LogP contribution in [0.15, 0.2) is 60.0 Å². The Labute approximate surface area is 180 Å². The second kappa shape index (κ2) is 9.17. The van der Waals surface area contributed by atoms with Crippen molar-refractivity contribution in [2.24, 2.45) is 0 Å². The smallest absolute Gasteiger partial charge is 0.280 e. The molecule has 0 bridgehead atoms. The van der Waals surface area contributed by atoms with Crippen molar-refractivity contribution in [3.63, 3.8) is 0 Å². The second-order valence-corrected chi connectivity index (χ2v) is 8.22. The highest BCUT2D eigenvalue weighted by molar-refractivity contribution is 7.03. The van der Waals surface area contributed by atoms with Crippen LogP contribution in [0.25, 0.3) is 0 Å². The van der Waals surface area contributed by atoms with Crippen molar-refractivity contribution in [3.05, 3.63) is 76.8 Å². The van der Waals surface area contributed by atoms with Crippen LogP contribution < -0.4 is 10.2 Å². The Morgan fingerprint density at radius 2 is 1.87 bits per heavy atom. The van der Waals surface area contributed by atoms with E-state index < -0.39 is 6.04 Å². The zero-order valence-electron chi connectivity index (χ0n) is 16.8. The number of aromatic nitrogens is 2. The van der Waals surface area contributed by atoms with E-state index in [2.05, 4.69) is 14.9 Å². The molecule has 1 aliphatic carbocycles. The molecule has 0 spiro atoms. The third-order valence-electron chi connectivity index (χ3n) is 5.40. The minimum atomic E-state index is -0.804. The summed E-state index contributed by atoms with van der Waals surface area (Å²) >= 11 is 1.12. The van der Waals surface area contributed by atoms with Crippen molar-refractivity contribution >= 4 is 29.0 Å². The molecule has 0 radical (unpaired) electrons. The molecule has 1 atom stereocenters. The first-order valence-corrected chi connectivity index (χ1v) is 11.0. The number of hydrogen-bond donors (Lipinski definition) is 1. The van der Waals surface area contributed by atoms with Crippen LogP contribution in [0.4, 0.5) is 5.69 Å². The fourth-order valence-electron chi connectivity index (χ4n) is 3.96. The minimum Gasteiger partial charge on any atom is -0.351 e.